The Morgan fingerprint density at radius 3 is 2.92 bits per heavy atom. The summed E-state index contributed by atoms with van der Waals surface area (Å²) in [5.74, 6) is -0.229. The van der Waals surface area contributed by atoms with Crippen LogP contribution in [0.4, 0.5) is 0 Å². The second-order valence-electron chi connectivity index (χ2n) is 5.29. The van der Waals surface area contributed by atoms with Crippen LogP contribution in [0, 0.1) is 0 Å². The first-order valence-electron chi connectivity index (χ1n) is 7.63. The summed E-state index contributed by atoms with van der Waals surface area (Å²) in [6.07, 6.45) is 1.99. The maximum absolute atomic E-state index is 12.6. The molecular formula is C18H17BrN2O2S2. The van der Waals surface area contributed by atoms with Gasteiger partial charge in [-0.15, -0.1) is 11.8 Å². The zero-order valence-corrected chi connectivity index (χ0v) is 17.1. The molecule has 2 aromatic carbocycles. The van der Waals surface area contributed by atoms with Gasteiger partial charge < -0.3 is 9.30 Å². The second kappa shape index (κ2) is 8.31. The van der Waals surface area contributed by atoms with E-state index < -0.39 is 0 Å². The van der Waals surface area contributed by atoms with Crippen LogP contribution in [0.5, 0.6) is 0 Å². The van der Waals surface area contributed by atoms with Gasteiger partial charge in [0.1, 0.15) is 0 Å². The molecule has 0 radical (unpaired) electrons. The molecule has 1 amide bonds. The number of thiazole rings is 1. The Labute approximate surface area is 162 Å². The third-order valence-electron chi connectivity index (χ3n) is 3.68. The number of methoxy groups -OCH3 is 1. The SMILES string of the molecule is COCCn1c(=NC(=O)c2cccc(SC)c2)sc2cc(Br)ccc21. The van der Waals surface area contributed by atoms with Gasteiger partial charge in [0.05, 0.1) is 16.8 Å². The Morgan fingerprint density at radius 2 is 2.16 bits per heavy atom. The number of ether oxygens (including phenoxy) is 1. The van der Waals surface area contributed by atoms with Gasteiger partial charge in [0, 0.05) is 28.6 Å². The highest BCUT2D eigenvalue weighted by Crippen LogP contribution is 2.22. The van der Waals surface area contributed by atoms with Gasteiger partial charge in [0.15, 0.2) is 4.80 Å². The predicted octanol–water partition coefficient (Wildman–Crippen LogP) is 4.57. The van der Waals surface area contributed by atoms with Crippen molar-refractivity contribution >= 4 is 55.2 Å². The minimum Gasteiger partial charge on any atom is -0.383 e. The van der Waals surface area contributed by atoms with Gasteiger partial charge in [-0.25, -0.2) is 0 Å². The second-order valence-corrected chi connectivity index (χ2v) is 8.09. The number of carbonyl (C=O) groups is 1. The molecule has 3 aromatic rings. The number of fused-ring (bicyclic) bond motifs is 1. The third kappa shape index (κ3) is 4.23. The van der Waals surface area contributed by atoms with Crippen LogP contribution in [0.2, 0.25) is 0 Å². The van der Waals surface area contributed by atoms with Crippen molar-refractivity contribution in [3.63, 3.8) is 0 Å². The Balaban J connectivity index is 2.08. The zero-order chi connectivity index (χ0) is 17.8. The molecule has 25 heavy (non-hydrogen) atoms. The fourth-order valence-electron chi connectivity index (χ4n) is 2.44. The van der Waals surface area contributed by atoms with Crippen LogP contribution >= 0.6 is 39.0 Å². The highest BCUT2D eigenvalue weighted by molar-refractivity contribution is 9.10. The van der Waals surface area contributed by atoms with Crippen LogP contribution < -0.4 is 4.80 Å². The lowest BCUT2D eigenvalue weighted by molar-refractivity contribution is 0.0997. The predicted molar refractivity (Wildman–Crippen MR) is 108 cm³/mol. The van der Waals surface area contributed by atoms with E-state index in [1.807, 2.05) is 47.2 Å². The summed E-state index contributed by atoms with van der Waals surface area (Å²) >= 11 is 6.61. The van der Waals surface area contributed by atoms with E-state index >= 15 is 0 Å². The maximum atomic E-state index is 12.6. The zero-order valence-electron chi connectivity index (χ0n) is 13.9. The van der Waals surface area contributed by atoms with Gasteiger partial charge in [-0.1, -0.05) is 33.3 Å². The van der Waals surface area contributed by atoms with E-state index in [1.54, 1.807) is 24.9 Å². The molecule has 0 bridgehead atoms. The van der Waals surface area contributed by atoms with Crippen LogP contribution in [0.25, 0.3) is 10.2 Å². The number of amides is 1. The molecule has 3 rings (SSSR count). The van der Waals surface area contributed by atoms with E-state index in [-0.39, 0.29) is 5.91 Å². The van der Waals surface area contributed by atoms with Gasteiger partial charge in [-0.3, -0.25) is 4.79 Å². The van der Waals surface area contributed by atoms with Crippen molar-refractivity contribution in [1.82, 2.24) is 4.57 Å². The van der Waals surface area contributed by atoms with Crippen molar-refractivity contribution < 1.29 is 9.53 Å². The molecule has 7 heteroatoms. The largest absolute Gasteiger partial charge is 0.383 e. The van der Waals surface area contributed by atoms with Crippen molar-refractivity contribution in [2.45, 2.75) is 11.4 Å². The molecule has 0 spiro atoms. The minimum atomic E-state index is -0.229. The summed E-state index contributed by atoms with van der Waals surface area (Å²) in [5.41, 5.74) is 1.65. The molecule has 0 atom stereocenters. The molecular weight excluding hydrogens is 420 g/mol. The minimum absolute atomic E-state index is 0.229. The number of hydrogen-bond donors (Lipinski definition) is 0. The molecule has 0 saturated carbocycles. The van der Waals surface area contributed by atoms with Crippen molar-refractivity contribution in [2.24, 2.45) is 4.99 Å². The maximum Gasteiger partial charge on any atom is 0.279 e. The molecule has 0 fully saturated rings. The lowest BCUT2D eigenvalue weighted by Gasteiger charge is -2.04. The Morgan fingerprint density at radius 1 is 1.32 bits per heavy atom. The summed E-state index contributed by atoms with van der Waals surface area (Å²) in [4.78, 5) is 18.8. The highest BCUT2D eigenvalue weighted by Gasteiger charge is 2.10. The first-order valence-corrected chi connectivity index (χ1v) is 10.5. The first kappa shape index (κ1) is 18.4. The van der Waals surface area contributed by atoms with Gasteiger partial charge in [0.2, 0.25) is 0 Å². The summed E-state index contributed by atoms with van der Waals surface area (Å²) < 4.78 is 9.33. The number of thioether (sulfide) groups is 1. The number of hydrogen-bond acceptors (Lipinski definition) is 4. The standard InChI is InChI=1S/C18H17BrN2O2S2/c1-23-9-8-21-15-7-6-13(19)11-16(15)25-18(21)20-17(22)12-4-3-5-14(10-12)24-2/h3-7,10-11H,8-9H2,1-2H3. The molecule has 0 N–H and O–H groups in total. The van der Waals surface area contributed by atoms with Crippen LogP contribution in [-0.2, 0) is 11.3 Å². The fourth-order valence-corrected chi connectivity index (χ4v) is 4.50. The number of aromatic nitrogens is 1. The van der Waals surface area contributed by atoms with Crippen molar-refractivity contribution in [1.29, 1.82) is 0 Å². The Hall–Kier alpha value is -1.41. The molecule has 1 aromatic heterocycles. The first-order chi connectivity index (χ1) is 12.1. The number of carbonyl (C=O) groups excluding carboxylic acids is 1. The average Bonchev–Trinajstić information content (AvgIpc) is 2.95. The highest BCUT2D eigenvalue weighted by atomic mass is 79.9. The van der Waals surface area contributed by atoms with Crippen LogP contribution in [0.15, 0.2) is 56.8 Å². The average molecular weight is 437 g/mol. The number of rotatable bonds is 5. The fraction of sp³-hybridized carbons (Fsp3) is 0.222. The molecule has 0 aliphatic heterocycles. The van der Waals surface area contributed by atoms with Gasteiger partial charge in [-0.05, 0) is 42.7 Å². The molecule has 130 valence electrons. The number of nitrogens with zero attached hydrogens (tertiary/aromatic N) is 2. The van der Waals surface area contributed by atoms with Crippen LogP contribution in [0.1, 0.15) is 10.4 Å². The molecule has 1 heterocycles. The number of halogens is 1. The summed E-state index contributed by atoms with van der Waals surface area (Å²) in [7, 11) is 1.67. The van der Waals surface area contributed by atoms with E-state index in [2.05, 4.69) is 20.9 Å². The molecule has 0 unspecified atom stereocenters. The van der Waals surface area contributed by atoms with Crippen LogP contribution in [-0.4, -0.2) is 30.4 Å². The van der Waals surface area contributed by atoms with Crippen molar-refractivity contribution in [2.75, 3.05) is 20.0 Å². The van der Waals surface area contributed by atoms with E-state index in [0.717, 1.165) is 19.6 Å². The van der Waals surface area contributed by atoms with Gasteiger partial charge in [0.25, 0.3) is 5.91 Å². The Kier molecular flexibility index (Phi) is 6.11. The quantitative estimate of drug-likeness (QED) is 0.549. The molecule has 4 nitrogen and oxygen atoms in total. The normalized spacial score (nSPS) is 12.0. The summed E-state index contributed by atoms with van der Waals surface area (Å²) in [6.45, 7) is 1.21. The van der Waals surface area contributed by atoms with E-state index in [1.165, 1.54) is 11.3 Å². The van der Waals surface area contributed by atoms with E-state index in [0.29, 0.717) is 23.5 Å². The molecule has 0 saturated heterocycles. The lowest BCUT2D eigenvalue weighted by atomic mass is 10.2. The smallest absolute Gasteiger partial charge is 0.279 e. The van der Waals surface area contributed by atoms with Gasteiger partial charge >= 0.3 is 0 Å². The van der Waals surface area contributed by atoms with Gasteiger partial charge in [-0.2, -0.15) is 4.99 Å². The summed E-state index contributed by atoms with van der Waals surface area (Å²) in [6, 6.07) is 13.6. The molecule has 0 aliphatic rings. The Bertz CT molecular complexity index is 979. The summed E-state index contributed by atoms with van der Waals surface area (Å²) in [5, 5.41) is 0. The van der Waals surface area contributed by atoms with Crippen molar-refractivity contribution in [3.05, 3.63) is 57.3 Å². The topological polar surface area (TPSA) is 43.6 Å². The third-order valence-corrected chi connectivity index (χ3v) is 5.94. The van der Waals surface area contributed by atoms with E-state index in [4.69, 9.17) is 4.74 Å². The number of benzene rings is 2. The molecule has 0 aliphatic carbocycles. The van der Waals surface area contributed by atoms with E-state index in [9.17, 15) is 4.79 Å². The lowest BCUT2D eigenvalue weighted by Crippen LogP contribution is -2.19. The van der Waals surface area contributed by atoms with Crippen LogP contribution in [0.3, 0.4) is 0 Å². The monoisotopic (exact) mass is 436 g/mol. The van der Waals surface area contributed by atoms with Crippen molar-refractivity contribution in [3.8, 4) is 0 Å².